The van der Waals surface area contributed by atoms with Gasteiger partial charge in [-0.1, -0.05) is 60.3 Å². The van der Waals surface area contributed by atoms with E-state index in [1.54, 1.807) is 43.3 Å². The van der Waals surface area contributed by atoms with Gasteiger partial charge in [0.25, 0.3) is 0 Å². The lowest BCUT2D eigenvalue weighted by Gasteiger charge is -2.10. The molecule has 2 heterocycles. The molecule has 0 fully saturated rings. The van der Waals surface area contributed by atoms with E-state index in [0.29, 0.717) is 11.3 Å². The molecule has 35 heavy (non-hydrogen) atoms. The number of para-hydroxylation sites is 2. The van der Waals surface area contributed by atoms with Crippen molar-refractivity contribution < 1.29 is 9.53 Å². The molecule has 5 nitrogen and oxygen atoms in total. The van der Waals surface area contributed by atoms with Crippen LogP contribution in [0.25, 0.3) is 22.7 Å². The highest BCUT2D eigenvalue weighted by Crippen LogP contribution is 2.37. The van der Waals surface area contributed by atoms with Crippen molar-refractivity contribution in [2.24, 2.45) is 0 Å². The number of ether oxygens (including phenoxy) is 1. The van der Waals surface area contributed by atoms with Crippen LogP contribution >= 0.6 is 11.8 Å². The molecule has 5 rings (SSSR count). The van der Waals surface area contributed by atoms with Gasteiger partial charge in [-0.25, -0.2) is 4.68 Å². The topological polar surface area (TPSA) is 57.0 Å². The zero-order valence-electron chi connectivity index (χ0n) is 19.4. The number of nitrogens with zero attached hydrogens (tertiary/aromatic N) is 3. The minimum atomic E-state index is -0.0986. The van der Waals surface area contributed by atoms with E-state index in [-0.39, 0.29) is 5.78 Å². The lowest BCUT2D eigenvalue weighted by Crippen LogP contribution is -1.98. The van der Waals surface area contributed by atoms with Gasteiger partial charge in [0, 0.05) is 27.6 Å². The summed E-state index contributed by atoms with van der Waals surface area (Å²) in [6, 6.07) is 27.3. The van der Waals surface area contributed by atoms with Gasteiger partial charge in [0.2, 0.25) is 0 Å². The number of fused-ring (bicyclic) bond motifs is 1. The van der Waals surface area contributed by atoms with Crippen molar-refractivity contribution in [2.75, 3.05) is 7.11 Å². The van der Waals surface area contributed by atoms with Gasteiger partial charge < -0.3 is 4.74 Å². The number of hydrogen-bond acceptors (Lipinski definition) is 5. The summed E-state index contributed by atoms with van der Waals surface area (Å²) in [5.41, 5.74) is 4.18. The molecule has 5 aromatic rings. The number of benzene rings is 3. The molecule has 0 atom stereocenters. The Kier molecular flexibility index (Phi) is 6.46. The molecule has 0 aliphatic heterocycles. The molecule has 0 amide bonds. The summed E-state index contributed by atoms with van der Waals surface area (Å²) in [6.07, 6.45) is 5.25. The van der Waals surface area contributed by atoms with Crippen LogP contribution in [0.1, 0.15) is 21.6 Å². The molecule has 6 heteroatoms. The van der Waals surface area contributed by atoms with E-state index in [2.05, 4.69) is 23.2 Å². The highest BCUT2D eigenvalue weighted by molar-refractivity contribution is 7.99. The fourth-order valence-electron chi connectivity index (χ4n) is 3.85. The number of hydrogen-bond donors (Lipinski definition) is 0. The summed E-state index contributed by atoms with van der Waals surface area (Å²) < 4.78 is 7.19. The second kappa shape index (κ2) is 9.99. The van der Waals surface area contributed by atoms with E-state index >= 15 is 0 Å². The highest BCUT2D eigenvalue weighted by Gasteiger charge is 2.18. The van der Waals surface area contributed by atoms with E-state index in [9.17, 15) is 4.79 Å². The Bertz CT molecular complexity index is 1540. The second-order valence-electron chi connectivity index (χ2n) is 7.91. The first-order chi connectivity index (χ1) is 17.1. The van der Waals surface area contributed by atoms with Crippen molar-refractivity contribution in [3.8, 4) is 11.4 Å². The number of ketones is 1. The molecule has 0 N–H and O–H groups in total. The number of aromatic nitrogens is 3. The Labute approximate surface area is 208 Å². The standard InChI is InChI=1S/C29H23N3O2S/c1-20-25(16-17-26(33)22-10-6-14-24(19-22)34-2)29(32(31-20)23-12-4-3-5-13-23)35-27-15-7-9-21-11-8-18-30-28(21)27/h3-19H,1-2H3/b17-16+. The second-order valence-corrected chi connectivity index (χ2v) is 8.95. The van der Waals surface area contributed by atoms with Gasteiger partial charge in [-0.3, -0.25) is 9.78 Å². The lowest BCUT2D eigenvalue weighted by molar-refractivity contribution is 0.104. The van der Waals surface area contributed by atoms with E-state index in [4.69, 9.17) is 9.84 Å². The SMILES string of the molecule is COc1cccc(C(=O)/C=C/c2c(C)nn(-c3ccccc3)c2Sc2cccc3cccnc23)c1. The molecule has 0 aliphatic carbocycles. The van der Waals surface area contributed by atoms with E-state index in [0.717, 1.165) is 37.8 Å². The number of aryl methyl sites for hydroxylation is 1. The zero-order valence-corrected chi connectivity index (χ0v) is 20.2. The molecule has 3 aromatic carbocycles. The summed E-state index contributed by atoms with van der Waals surface area (Å²) in [5.74, 6) is 0.551. The minimum absolute atomic E-state index is 0.0986. The zero-order chi connectivity index (χ0) is 24.2. The Morgan fingerprint density at radius 2 is 1.77 bits per heavy atom. The molecular formula is C29H23N3O2S. The molecule has 0 radical (unpaired) electrons. The molecular weight excluding hydrogens is 454 g/mol. The summed E-state index contributed by atoms with van der Waals surface area (Å²) >= 11 is 1.59. The van der Waals surface area contributed by atoms with Crippen LogP contribution in [0.4, 0.5) is 0 Å². The Morgan fingerprint density at radius 1 is 0.971 bits per heavy atom. The van der Waals surface area contributed by atoms with Crippen LogP contribution in [-0.2, 0) is 0 Å². The van der Waals surface area contributed by atoms with Gasteiger partial charge in [-0.2, -0.15) is 5.10 Å². The van der Waals surface area contributed by atoms with Crippen LogP contribution in [0.2, 0.25) is 0 Å². The van der Waals surface area contributed by atoms with Gasteiger partial charge in [0.1, 0.15) is 10.8 Å². The van der Waals surface area contributed by atoms with Crippen molar-refractivity contribution in [1.82, 2.24) is 14.8 Å². The third-order valence-corrected chi connectivity index (χ3v) is 6.76. The minimum Gasteiger partial charge on any atom is -0.497 e. The third kappa shape index (κ3) is 4.74. The van der Waals surface area contributed by atoms with Crippen LogP contribution in [0.15, 0.2) is 107 Å². The molecule has 0 bridgehead atoms. The van der Waals surface area contributed by atoms with Gasteiger partial charge in [-0.15, -0.1) is 0 Å². The average molecular weight is 478 g/mol. The Hall–Kier alpha value is -4.16. The summed E-state index contributed by atoms with van der Waals surface area (Å²) in [4.78, 5) is 18.6. The van der Waals surface area contributed by atoms with Crippen LogP contribution in [-0.4, -0.2) is 27.7 Å². The smallest absolute Gasteiger partial charge is 0.185 e. The van der Waals surface area contributed by atoms with Crippen LogP contribution in [0.3, 0.4) is 0 Å². The lowest BCUT2D eigenvalue weighted by atomic mass is 10.1. The Balaban J connectivity index is 1.59. The first-order valence-corrected chi connectivity index (χ1v) is 12.0. The summed E-state index contributed by atoms with van der Waals surface area (Å²) in [6.45, 7) is 1.96. The molecule has 172 valence electrons. The first-order valence-electron chi connectivity index (χ1n) is 11.2. The third-order valence-electron chi connectivity index (χ3n) is 5.62. The van der Waals surface area contributed by atoms with Crippen molar-refractivity contribution in [1.29, 1.82) is 0 Å². The van der Waals surface area contributed by atoms with E-state index in [1.165, 1.54) is 0 Å². The fourth-order valence-corrected chi connectivity index (χ4v) is 5.03. The van der Waals surface area contributed by atoms with Crippen molar-refractivity contribution in [3.63, 3.8) is 0 Å². The van der Waals surface area contributed by atoms with Crippen molar-refractivity contribution >= 4 is 34.5 Å². The van der Waals surface area contributed by atoms with Crippen LogP contribution in [0.5, 0.6) is 5.75 Å². The predicted octanol–water partition coefficient (Wildman–Crippen LogP) is 6.78. The number of carbonyl (C=O) groups excluding carboxylic acids is 1. The highest BCUT2D eigenvalue weighted by atomic mass is 32.2. The molecule has 0 aliphatic rings. The predicted molar refractivity (Wildman–Crippen MR) is 141 cm³/mol. The van der Waals surface area contributed by atoms with E-state index < -0.39 is 0 Å². The van der Waals surface area contributed by atoms with Crippen LogP contribution in [0, 0.1) is 6.92 Å². The summed E-state index contributed by atoms with van der Waals surface area (Å²) in [7, 11) is 1.59. The van der Waals surface area contributed by atoms with Gasteiger partial charge >= 0.3 is 0 Å². The monoisotopic (exact) mass is 477 g/mol. The largest absolute Gasteiger partial charge is 0.497 e. The number of allylic oxidation sites excluding steroid dienone is 1. The van der Waals surface area contributed by atoms with Gasteiger partial charge in [-0.05, 0) is 55.5 Å². The average Bonchev–Trinajstić information content (AvgIpc) is 3.22. The molecule has 0 saturated carbocycles. The fraction of sp³-hybridized carbons (Fsp3) is 0.0690. The number of methoxy groups -OCH3 is 1. The quantitative estimate of drug-likeness (QED) is 0.191. The Morgan fingerprint density at radius 3 is 2.60 bits per heavy atom. The van der Waals surface area contributed by atoms with E-state index in [1.807, 2.05) is 72.3 Å². The van der Waals surface area contributed by atoms with Crippen molar-refractivity contribution in [3.05, 3.63) is 114 Å². The number of pyridine rings is 1. The van der Waals surface area contributed by atoms with Crippen LogP contribution < -0.4 is 4.74 Å². The van der Waals surface area contributed by atoms with Gasteiger partial charge in [0.15, 0.2) is 5.78 Å². The molecule has 0 saturated heterocycles. The number of rotatable bonds is 7. The maximum absolute atomic E-state index is 12.9. The maximum atomic E-state index is 12.9. The van der Waals surface area contributed by atoms with Crippen molar-refractivity contribution in [2.45, 2.75) is 16.8 Å². The summed E-state index contributed by atoms with van der Waals surface area (Å²) in [5, 5.41) is 6.82. The normalized spacial score (nSPS) is 11.3. The van der Waals surface area contributed by atoms with Gasteiger partial charge in [0.05, 0.1) is 24.0 Å². The first kappa shape index (κ1) is 22.6. The molecule has 2 aromatic heterocycles. The number of carbonyl (C=O) groups is 1. The maximum Gasteiger partial charge on any atom is 0.185 e. The molecule has 0 unspecified atom stereocenters. The molecule has 0 spiro atoms.